The molecule has 20 heavy (non-hydrogen) atoms. The van der Waals surface area contributed by atoms with E-state index in [1.165, 1.54) is 23.5 Å². The minimum absolute atomic E-state index is 0.0370. The lowest BCUT2D eigenvalue weighted by molar-refractivity contribution is -0.167. The fraction of sp³-hybridized carbons (Fsp3) is 0.200. The maximum atomic E-state index is 12.1. The summed E-state index contributed by atoms with van der Waals surface area (Å²) in [6.07, 6.45) is -5.05. The molecule has 1 N–H and O–H groups in total. The Morgan fingerprint density at radius 1 is 1.35 bits per heavy atom. The van der Waals surface area contributed by atoms with Crippen LogP contribution in [-0.2, 0) is 9.53 Å². The molecule has 0 saturated heterocycles. The lowest BCUT2D eigenvalue weighted by Gasteiger charge is -2.03. The molecule has 0 aliphatic heterocycles. The number of carbonyl (C=O) groups is 2. The monoisotopic (exact) mass is 288 g/mol. The number of aromatic nitrogens is 3. The lowest BCUT2D eigenvalue weighted by Crippen LogP contribution is -2.30. The molecule has 0 saturated carbocycles. The van der Waals surface area contributed by atoms with Crippen LogP contribution in [0.4, 0.5) is 19.1 Å². The largest absolute Gasteiger partial charge is 0.471 e. The minimum Gasteiger partial charge on any atom is -0.464 e. The number of pyridine rings is 1. The lowest BCUT2D eigenvalue weighted by atomic mass is 10.3. The van der Waals surface area contributed by atoms with Crippen molar-refractivity contribution in [1.82, 2.24) is 14.6 Å². The van der Waals surface area contributed by atoms with Gasteiger partial charge in [-0.25, -0.2) is 9.31 Å². The van der Waals surface area contributed by atoms with Gasteiger partial charge >= 0.3 is 18.1 Å². The number of nitrogens with one attached hydrogen (secondary N) is 1. The number of halogens is 3. The molecule has 2 aromatic heterocycles. The fourth-order valence-electron chi connectivity index (χ4n) is 1.39. The Balaban J connectivity index is 2.39. The summed E-state index contributed by atoms with van der Waals surface area (Å²) in [7, 11) is 1.14. The maximum absolute atomic E-state index is 12.1. The van der Waals surface area contributed by atoms with Gasteiger partial charge in [0.15, 0.2) is 11.3 Å². The van der Waals surface area contributed by atoms with Gasteiger partial charge in [0, 0.05) is 0 Å². The average Bonchev–Trinajstić information content (AvgIpc) is 2.78. The molecule has 0 aromatic carbocycles. The quantitative estimate of drug-likeness (QED) is 0.834. The van der Waals surface area contributed by atoms with Crippen LogP contribution in [0.1, 0.15) is 10.5 Å². The molecule has 10 heteroatoms. The second-order valence-electron chi connectivity index (χ2n) is 3.56. The summed E-state index contributed by atoms with van der Waals surface area (Å²) in [6.45, 7) is 0. The Labute approximate surface area is 109 Å². The molecule has 0 bridgehead atoms. The second kappa shape index (κ2) is 4.79. The zero-order chi connectivity index (χ0) is 14.9. The number of amides is 1. The number of anilines is 1. The minimum atomic E-state index is -5.05. The first-order chi connectivity index (χ1) is 9.32. The van der Waals surface area contributed by atoms with Crippen LogP contribution in [0.3, 0.4) is 0 Å². The summed E-state index contributed by atoms with van der Waals surface area (Å²) in [5.74, 6) is -3.51. The average molecular weight is 288 g/mol. The smallest absolute Gasteiger partial charge is 0.464 e. The fourth-order valence-corrected chi connectivity index (χ4v) is 1.39. The van der Waals surface area contributed by atoms with Crippen LogP contribution in [0.5, 0.6) is 0 Å². The Morgan fingerprint density at radius 3 is 2.65 bits per heavy atom. The molecule has 0 unspecified atom stereocenters. The van der Waals surface area contributed by atoms with Gasteiger partial charge in [-0.1, -0.05) is 6.07 Å². The Morgan fingerprint density at radius 2 is 2.05 bits per heavy atom. The number of methoxy groups -OCH3 is 1. The highest BCUT2D eigenvalue weighted by Gasteiger charge is 2.39. The van der Waals surface area contributed by atoms with Crippen LogP contribution in [-0.4, -0.2) is 39.8 Å². The van der Waals surface area contributed by atoms with E-state index < -0.39 is 24.0 Å². The molecule has 106 valence electrons. The van der Waals surface area contributed by atoms with Crippen LogP contribution in [0.15, 0.2) is 18.2 Å². The third kappa shape index (κ3) is 2.53. The molecule has 0 radical (unpaired) electrons. The number of carbonyl (C=O) groups excluding carboxylic acids is 2. The van der Waals surface area contributed by atoms with E-state index in [9.17, 15) is 22.8 Å². The van der Waals surface area contributed by atoms with Gasteiger partial charge in [0.25, 0.3) is 0 Å². The van der Waals surface area contributed by atoms with Gasteiger partial charge in [-0.3, -0.25) is 10.1 Å². The first kappa shape index (κ1) is 13.8. The van der Waals surface area contributed by atoms with Crippen molar-refractivity contribution in [3.8, 4) is 0 Å². The summed E-state index contributed by atoms with van der Waals surface area (Å²) < 4.78 is 41.8. The molecule has 0 spiro atoms. The Kier molecular flexibility index (Phi) is 3.30. The third-order valence-electron chi connectivity index (χ3n) is 2.24. The van der Waals surface area contributed by atoms with Crippen LogP contribution in [0.2, 0.25) is 0 Å². The molecule has 1 amide bonds. The summed E-state index contributed by atoms with van der Waals surface area (Å²) in [5.41, 5.74) is 0.0513. The van der Waals surface area contributed by atoms with E-state index in [1.54, 1.807) is 0 Å². The summed E-state index contributed by atoms with van der Waals surface area (Å²) in [4.78, 5) is 25.9. The highest BCUT2D eigenvalue weighted by atomic mass is 19.4. The molecular weight excluding hydrogens is 281 g/mol. The van der Waals surface area contributed by atoms with Crippen molar-refractivity contribution in [2.24, 2.45) is 0 Å². The highest BCUT2D eigenvalue weighted by Crippen LogP contribution is 2.17. The van der Waals surface area contributed by atoms with Crippen LogP contribution >= 0.6 is 0 Å². The SMILES string of the molecule is COC(=O)c1cccc2nc(NC(=O)C(F)(F)F)nn12. The number of rotatable bonds is 2. The number of nitrogens with zero attached hydrogens (tertiary/aromatic N) is 3. The first-order valence-corrected chi connectivity index (χ1v) is 5.15. The molecule has 2 heterocycles. The van der Waals surface area contributed by atoms with Crippen molar-refractivity contribution >= 4 is 23.5 Å². The van der Waals surface area contributed by atoms with E-state index in [0.717, 1.165) is 11.6 Å². The number of alkyl halides is 3. The Hall–Kier alpha value is -2.65. The molecule has 0 aliphatic rings. The molecular formula is C10H7F3N4O3. The van der Waals surface area contributed by atoms with E-state index in [0.29, 0.717) is 0 Å². The van der Waals surface area contributed by atoms with Gasteiger partial charge in [0.05, 0.1) is 7.11 Å². The zero-order valence-corrected chi connectivity index (χ0v) is 9.93. The maximum Gasteiger partial charge on any atom is 0.471 e. The Bertz CT molecular complexity index is 680. The van der Waals surface area contributed by atoms with E-state index in [1.807, 2.05) is 0 Å². The van der Waals surface area contributed by atoms with Gasteiger partial charge < -0.3 is 4.74 Å². The van der Waals surface area contributed by atoms with E-state index in [4.69, 9.17) is 0 Å². The predicted octanol–water partition coefficient (Wildman–Crippen LogP) is 1.02. The number of ether oxygens (including phenoxy) is 1. The molecule has 2 aromatic rings. The van der Waals surface area contributed by atoms with E-state index >= 15 is 0 Å². The van der Waals surface area contributed by atoms with Gasteiger partial charge in [0.1, 0.15) is 0 Å². The molecule has 0 atom stereocenters. The highest BCUT2D eigenvalue weighted by molar-refractivity contribution is 5.93. The van der Waals surface area contributed by atoms with Crippen LogP contribution < -0.4 is 5.32 Å². The van der Waals surface area contributed by atoms with Crippen LogP contribution in [0, 0.1) is 0 Å². The summed E-state index contributed by atoms with van der Waals surface area (Å²) in [6, 6.07) is 4.21. The van der Waals surface area contributed by atoms with E-state index in [2.05, 4.69) is 14.8 Å². The predicted molar refractivity (Wildman–Crippen MR) is 59.0 cm³/mol. The van der Waals surface area contributed by atoms with Crippen molar-refractivity contribution in [1.29, 1.82) is 0 Å². The molecule has 0 aliphatic carbocycles. The molecule has 7 nitrogen and oxygen atoms in total. The summed E-state index contributed by atoms with van der Waals surface area (Å²) >= 11 is 0. The van der Waals surface area contributed by atoms with Gasteiger partial charge in [-0.15, -0.1) is 5.10 Å². The van der Waals surface area contributed by atoms with Crippen molar-refractivity contribution in [3.05, 3.63) is 23.9 Å². The standard InChI is InChI=1S/C10H7F3N4O3/c1-20-7(18)5-3-2-4-6-14-9(16-17(5)6)15-8(19)10(11,12)13/h2-4H,1H3,(H,15,16,19). The normalized spacial score (nSPS) is 11.4. The van der Waals surface area contributed by atoms with Gasteiger partial charge in [-0.05, 0) is 12.1 Å². The number of esters is 1. The second-order valence-corrected chi connectivity index (χ2v) is 3.56. The van der Waals surface area contributed by atoms with Crippen molar-refractivity contribution in [3.63, 3.8) is 0 Å². The molecule has 2 rings (SSSR count). The van der Waals surface area contributed by atoms with Crippen molar-refractivity contribution < 1.29 is 27.5 Å². The topological polar surface area (TPSA) is 85.6 Å². The van der Waals surface area contributed by atoms with Crippen molar-refractivity contribution in [2.75, 3.05) is 12.4 Å². The third-order valence-corrected chi connectivity index (χ3v) is 2.24. The van der Waals surface area contributed by atoms with E-state index in [-0.39, 0.29) is 11.3 Å². The number of hydrogen-bond donors (Lipinski definition) is 1. The van der Waals surface area contributed by atoms with Gasteiger partial charge in [-0.2, -0.15) is 18.2 Å². The molecule has 0 fully saturated rings. The summed E-state index contributed by atoms with van der Waals surface area (Å²) in [5, 5.41) is 5.10. The first-order valence-electron chi connectivity index (χ1n) is 5.15. The number of fused-ring (bicyclic) bond motifs is 1. The van der Waals surface area contributed by atoms with Crippen LogP contribution in [0.25, 0.3) is 5.65 Å². The van der Waals surface area contributed by atoms with Gasteiger partial charge in [0.2, 0.25) is 5.95 Å². The number of hydrogen-bond acceptors (Lipinski definition) is 5. The zero-order valence-electron chi connectivity index (χ0n) is 9.93. The van der Waals surface area contributed by atoms with Crippen molar-refractivity contribution in [2.45, 2.75) is 6.18 Å².